The summed E-state index contributed by atoms with van der Waals surface area (Å²) in [5.41, 5.74) is 4.45. The maximum Gasteiger partial charge on any atom is 0.407 e. The van der Waals surface area contributed by atoms with Crippen molar-refractivity contribution in [2.45, 2.75) is 31.7 Å². The number of alkyl carbamates (subject to hydrolysis) is 1. The molecule has 0 radical (unpaired) electrons. The largest absolute Gasteiger partial charge is 0.469 e. The van der Waals surface area contributed by atoms with Crippen LogP contribution in [0.15, 0.2) is 48.5 Å². The van der Waals surface area contributed by atoms with Gasteiger partial charge in [-0.05, 0) is 35.6 Å². The summed E-state index contributed by atoms with van der Waals surface area (Å²) >= 11 is 0. The molecule has 158 valence electrons. The molecule has 0 spiro atoms. The molecular formula is C23H25NO6. The molecule has 1 aliphatic carbocycles. The fraction of sp³-hybridized carbons (Fsp3) is 0.348. The number of esters is 2. The van der Waals surface area contributed by atoms with Gasteiger partial charge in [-0.2, -0.15) is 0 Å². The first-order valence-electron chi connectivity index (χ1n) is 9.90. The van der Waals surface area contributed by atoms with Gasteiger partial charge < -0.3 is 19.5 Å². The second kappa shape index (κ2) is 9.91. The van der Waals surface area contributed by atoms with Gasteiger partial charge in [0.05, 0.1) is 13.7 Å². The van der Waals surface area contributed by atoms with Crippen LogP contribution in [-0.2, 0) is 23.8 Å². The molecule has 0 saturated heterocycles. The van der Waals surface area contributed by atoms with Crippen molar-refractivity contribution in [3.05, 3.63) is 59.7 Å². The SMILES string of the molecule is CCOC(=O)C(CCC(=O)OC)NC(=O)OCC1c2ccccc2-c2ccccc21. The number of hydrogen-bond acceptors (Lipinski definition) is 6. The lowest BCUT2D eigenvalue weighted by atomic mass is 9.98. The predicted octanol–water partition coefficient (Wildman–Crippen LogP) is 3.41. The zero-order valence-electron chi connectivity index (χ0n) is 17.1. The van der Waals surface area contributed by atoms with E-state index in [4.69, 9.17) is 9.47 Å². The molecule has 0 heterocycles. The Kier molecular flexibility index (Phi) is 7.06. The van der Waals surface area contributed by atoms with Crippen molar-refractivity contribution in [1.82, 2.24) is 5.32 Å². The van der Waals surface area contributed by atoms with Crippen molar-refractivity contribution in [2.75, 3.05) is 20.3 Å². The van der Waals surface area contributed by atoms with Crippen LogP contribution in [0.4, 0.5) is 4.79 Å². The average molecular weight is 411 g/mol. The van der Waals surface area contributed by atoms with Gasteiger partial charge in [0, 0.05) is 12.3 Å². The molecule has 7 heteroatoms. The van der Waals surface area contributed by atoms with E-state index in [9.17, 15) is 14.4 Å². The van der Waals surface area contributed by atoms with Crippen LogP contribution in [0.25, 0.3) is 11.1 Å². The summed E-state index contributed by atoms with van der Waals surface area (Å²) in [6.07, 6.45) is -0.695. The van der Waals surface area contributed by atoms with Crippen molar-refractivity contribution in [3.63, 3.8) is 0 Å². The van der Waals surface area contributed by atoms with E-state index < -0.39 is 24.1 Å². The minimum absolute atomic E-state index is 0.0242. The lowest BCUT2D eigenvalue weighted by molar-refractivity contribution is -0.146. The third-order valence-electron chi connectivity index (χ3n) is 5.07. The Labute approximate surface area is 175 Å². The van der Waals surface area contributed by atoms with Gasteiger partial charge in [0.2, 0.25) is 0 Å². The third kappa shape index (κ3) is 4.79. The van der Waals surface area contributed by atoms with Crippen LogP contribution in [0.1, 0.15) is 36.8 Å². The smallest absolute Gasteiger partial charge is 0.407 e. The number of nitrogens with one attached hydrogen (secondary N) is 1. The molecule has 0 bridgehead atoms. The molecule has 7 nitrogen and oxygen atoms in total. The quantitative estimate of drug-likeness (QED) is 0.529. The summed E-state index contributed by atoms with van der Waals surface area (Å²) in [6, 6.07) is 15.1. The Morgan fingerprint density at radius 1 is 0.967 bits per heavy atom. The first-order valence-corrected chi connectivity index (χ1v) is 9.90. The van der Waals surface area contributed by atoms with Crippen LogP contribution in [0, 0.1) is 0 Å². The van der Waals surface area contributed by atoms with Crippen LogP contribution >= 0.6 is 0 Å². The third-order valence-corrected chi connectivity index (χ3v) is 5.07. The molecule has 1 amide bonds. The summed E-state index contributed by atoms with van der Waals surface area (Å²) in [4.78, 5) is 35.9. The molecule has 3 rings (SSSR count). The molecule has 2 aromatic carbocycles. The van der Waals surface area contributed by atoms with Crippen LogP contribution in [0.2, 0.25) is 0 Å². The average Bonchev–Trinajstić information content (AvgIpc) is 3.08. The van der Waals surface area contributed by atoms with Gasteiger partial charge in [0.15, 0.2) is 0 Å². The van der Waals surface area contributed by atoms with Gasteiger partial charge in [-0.25, -0.2) is 9.59 Å². The highest BCUT2D eigenvalue weighted by Gasteiger charge is 2.30. The van der Waals surface area contributed by atoms with E-state index in [1.165, 1.54) is 7.11 Å². The molecule has 1 unspecified atom stereocenters. The molecule has 0 aliphatic heterocycles. The van der Waals surface area contributed by atoms with E-state index in [2.05, 4.69) is 22.2 Å². The Morgan fingerprint density at radius 3 is 2.13 bits per heavy atom. The van der Waals surface area contributed by atoms with Crippen LogP contribution < -0.4 is 5.32 Å². The highest BCUT2D eigenvalue weighted by Crippen LogP contribution is 2.44. The summed E-state index contributed by atoms with van der Waals surface area (Å²) in [5.74, 6) is -1.17. The number of amides is 1. The molecule has 2 aromatic rings. The molecule has 1 aliphatic rings. The van der Waals surface area contributed by atoms with Gasteiger partial charge >= 0.3 is 18.0 Å². The lowest BCUT2D eigenvalue weighted by Crippen LogP contribution is -2.42. The molecule has 0 fully saturated rings. The first-order chi connectivity index (χ1) is 14.5. The van der Waals surface area contributed by atoms with Gasteiger partial charge in [0.25, 0.3) is 0 Å². The van der Waals surface area contributed by atoms with Crippen LogP contribution in [0.5, 0.6) is 0 Å². The molecule has 0 saturated carbocycles. The van der Waals surface area contributed by atoms with E-state index in [0.717, 1.165) is 22.3 Å². The highest BCUT2D eigenvalue weighted by atomic mass is 16.6. The van der Waals surface area contributed by atoms with E-state index in [0.29, 0.717) is 0 Å². The van der Waals surface area contributed by atoms with Gasteiger partial charge in [-0.15, -0.1) is 0 Å². The standard InChI is InChI=1S/C23H25NO6/c1-3-29-22(26)20(12-13-21(25)28-2)24-23(27)30-14-19-17-10-6-4-8-15(17)16-9-5-7-11-18(16)19/h4-11,19-20H,3,12-14H2,1-2H3,(H,24,27). The number of ether oxygens (including phenoxy) is 3. The van der Waals surface area contributed by atoms with Gasteiger partial charge in [-0.1, -0.05) is 48.5 Å². The van der Waals surface area contributed by atoms with Crippen molar-refractivity contribution in [1.29, 1.82) is 0 Å². The number of methoxy groups -OCH3 is 1. The topological polar surface area (TPSA) is 90.9 Å². The van der Waals surface area contributed by atoms with Crippen LogP contribution in [0.3, 0.4) is 0 Å². The number of rotatable bonds is 8. The highest BCUT2D eigenvalue weighted by molar-refractivity contribution is 5.82. The molecular weight excluding hydrogens is 386 g/mol. The predicted molar refractivity (Wildman–Crippen MR) is 110 cm³/mol. The minimum atomic E-state index is -0.986. The molecule has 1 atom stereocenters. The number of hydrogen-bond donors (Lipinski definition) is 1. The Morgan fingerprint density at radius 2 is 1.57 bits per heavy atom. The maximum absolute atomic E-state index is 12.4. The van der Waals surface area contributed by atoms with E-state index in [1.807, 2.05) is 36.4 Å². The van der Waals surface area contributed by atoms with Crippen molar-refractivity contribution >= 4 is 18.0 Å². The van der Waals surface area contributed by atoms with Gasteiger partial charge in [0.1, 0.15) is 12.6 Å². The summed E-state index contributed by atoms with van der Waals surface area (Å²) in [6.45, 7) is 1.97. The second-order valence-corrected chi connectivity index (χ2v) is 6.89. The summed E-state index contributed by atoms with van der Waals surface area (Å²) in [7, 11) is 1.26. The van der Waals surface area contributed by atoms with Gasteiger partial charge in [-0.3, -0.25) is 4.79 Å². The fourth-order valence-electron chi connectivity index (χ4n) is 3.64. The Balaban J connectivity index is 1.65. The normalized spacial score (nSPS) is 13.0. The molecule has 30 heavy (non-hydrogen) atoms. The lowest BCUT2D eigenvalue weighted by Gasteiger charge is -2.18. The fourth-order valence-corrected chi connectivity index (χ4v) is 3.64. The first kappa shape index (κ1) is 21.4. The van der Waals surface area contributed by atoms with E-state index in [1.54, 1.807) is 6.92 Å². The van der Waals surface area contributed by atoms with E-state index in [-0.39, 0.29) is 32.0 Å². The summed E-state index contributed by atoms with van der Waals surface area (Å²) in [5, 5.41) is 2.51. The molecule has 1 N–H and O–H groups in total. The van der Waals surface area contributed by atoms with Crippen molar-refractivity contribution in [3.8, 4) is 11.1 Å². The zero-order chi connectivity index (χ0) is 21.5. The van der Waals surface area contributed by atoms with Crippen molar-refractivity contribution < 1.29 is 28.6 Å². The monoisotopic (exact) mass is 411 g/mol. The molecule has 0 aromatic heterocycles. The number of benzene rings is 2. The number of carbonyl (C=O) groups is 3. The van der Waals surface area contributed by atoms with Crippen LogP contribution in [-0.4, -0.2) is 44.4 Å². The van der Waals surface area contributed by atoms with E-state index >= 15 is 0 Å². The zero-order valence-corrected chi connectivity index (χ0v) is 17.1. The number of carbonyl (C=O) groups excluding carboxylic acids is 3. The maximum atomic E-state index is 12.4. The Bertz CT molecular complexity index is 880. The second-order valence-electron chi connectivity index (χ2n) is 6.89. The van der Waals surface area contributed by atoms with Crippen molar-refractivity contribution in [2.24, 2.45) is 0 Å². The summed E-state index contributed by atoms with van der Waals surface area (Å²) < 4.78 is 15.0. The Hall–Kier alpha value is -3.35. The minimum Gasteiger partial charge on any atom is -0.469 e. The number of fused-ring (bicyclic) bond motifs is 3.